The molecule has 1 aliphatic heterocycles. The summed E-state index contributed by atoms with van der Waals surface area (Å²) in [6, 6.07) is 9.14. The van der Waals surface area contributed by atoms with Gasteiger partial charge in [-0.1, -0.05) is 15.9 Å². The van der Waals surface area contributed by atoms with Gasteiger partial charge < -0.3 is 15.0 Å². The summed E-state index contributed by atoms with van der Waals surface area (Å²) in [4.78, 5) is 28.6. The van der Waals surface area contributed by atoms with Gasteiger partial charge in [0.05, 0.1) is 25.7 Å². The number of halogens is 1. The fourth-order valence-corrected chi connectivity index (χ4v) is 3.04. The van der Waals surface area contributed by atoms with Crippen LogP contribution in [0.15, 0.2) is 28.7 Å². The number of rotatable bonds is 9. The number of carbonyl (C=O) groups is 2. The molecule has 1 aromatic rings. The topological polar surface area (TPSA) is 85.7 Å². The molecule has 27 heavy (non-hydrogen) atoms. The van der Waals surface area contributed by atoms with Gasteiger partial charge in [-0.2, -0.15) is 5.26 Å². The molecule has 1 aliphatic rings. The quantitative estimate of drug-likeness (QED) is 0.635. The summed E-state index contributed by atoms with van der Waals surface area (Å²) in [7, 11) is 0. The van der Waals surface area contributed by atoms with Crippen LogP contribution in [-0.4, -0.2) is 74.1 Å². The van der Waals surface area contributed by atoms with Gasteiger partial charge in [0.2, 0.25) is 5.91 Å². The van der Waals surface area contributed by atoms with E-state index in [9.17, 15) is 9.59 Å². The maximum absolute atomic E-state index is 12.5. The Labute approximate surface area is 168 Å². The fourth-order valence-electron chi connectivity index (χ4n) is 2.78. The molecule has 0 aliphatic carbocycles. The lowest BCUT2D eigenvalue weighted by molar-refractivity contribution is -0.131. The average Bonchev–Trinajstić information content (AvgIpc) is 2.69. The van der Waals surface area contributed by atoms with Crippen molar-refractivity contribution in [3.05, 3.63) is 34.3 Å². The average molecular weight is 437 g/mol. The number of nitrogens with zero attached hydrogens (tertiary/aromatic N) is 3. The highest BCUT2D eigenvalue weighted by atomic mass is 79.9. The molecule has 8 heteroatoms. The Balaban J connectivity index is 1.77. The molecule has 0 atom stereocenters. The van der Waals surface area contributed by atoms with Gasteiger partial charge in [0.1, 0.15) is 0 Å². The van der Waals surface area contributed by atoms with Gasteiger partial charge in [-0.3, -0.25) is 14.5 Å². The van der Waals surface area contributed by atoms with Crippen molar-refractivity contribution in [2.45, 2.75) is 12.8 Å². The van der Waals surface area contributed by atoms with Crippen molar-refractivity contribution in [2.24, 2.45) is 0 Å². The Morgan fingerprint density at radius 3 is 2.59 bits per heavy atom. The van der Waals surface area contributed by atoms with Gasteiger partial charge in [-0.05, 0) is 24.3 Å². The van der Waals surface area contributed by atoms with Crippen LogP contribution in [0, 0.1) is 11.3 Å². The lowest BCUT2D eigenvalue weighted by atomic mass is 10.2. The SMILES string of the molecule is N#CCCN(CCN1CCOCC1)C(=O)CCNC(=O)c1ccc(Br)cc1. The van der Waals surface area contributed by atoms with Gasteiger partial charge in [0.25, 0.3) is 5.91 Å². The van der Waals surface area contributed by atoms with Crippen molar-refractivity contribution < 1.29 is 14.3 Å². The van der Waals surface area contributed by atoms with Crippen molar-refractivity contribution in [1.29, 1.82) is 5.26 Å². The second-order valence-corrected chi connectivity index (χ2v) is 7.17. The highest BCUT2D eigenvalue weighted by molar-refractivity contribution is 9.10. The van der Waals surface area contributed by atoms with E-state index in [1.165, 1.54) is 0 Å². The van der Waals surface area contributed by atoms with Crippen LogP contribution in [0.4, 0.5) is 0 Å². The largest absolute Gasteiger partial charge is 0.379 e. The molecule has 0 saturated carbocycles. The molecular weight excluding hydrogens is 412 g/mol. The predicted octanol–water partition coefficient (Wildman–Crippen LogP) is 1.64. The smallest absolute Gasteiger partial charge is 0.251 e. The third kappa shape index (κ3) is 7.67. The lowest BCUT2D eigenvalue weighted by Gasteiger charge is -2.30. The summed E-state index contributed by atoms with van der Waals surface area (Å²) in [5, 5.41) is 11.6. The molecule has 0 spiro atoms. The number of ether oxygens (including phenoxy) is 1. The molecule has 1 heterocycles. The van der Waals surface area contributed by atoms with Crippen molar-refractivity contribution in [3.63, 3.8) is 0 Å². The maximum Gasteiger partial charge on any atom is 0.251 e. The number of nitriles is 1. The minimum atomic E-state index is -0.202. The number of morpholine rings is 1. The Morgan fingerprint density at radius 2 is 1.93 bits per heavy atom. The van der Waals surface area contributed by atoms with E-state index in [4.69, 9.17) is 10.00 Å². The van der Waals surface area contributed by atoms with Crippen LogP contribution < -0.4 is 5.32 Å². The number of hydrogen-bond acceptors (Lipinski definition) is 5. The van der Waals surface area contributed by atoms with Crippen molar-refractivity contribution >= 4 is 27.7 Å². The van der Waals surface area contributed by atoms with Crippen molar-refractivity contribution in [3.8, 4) is 6.07 Å². The zero-order valence-electron chi connectivity index (χ0n) is 15.3. The van der Waals surface area contributed by atoms with E-state index >= 15 is 0 Å². The molecule has 0 aromatic heterocycles. The molecule has 0 unspecified atom stereocenters. The predicted molar refractivity (Wildman–Crippen MR) is 105 cm³/mol. The van der Waals surface area contributed by atoms with Gasteiger partial charge in [0.15, 0.2) is 0 Å². The van der Waals surface area contributed by atoms with Crippen LogP contribution in [0.1, 0.15) is 23.2 Å². The molecule has 0 radical (unpaired) electrons. The summed E-state index contributed by atoms with van der Waals surface area (Å²) in [6.07, 6.45) is 0.525. The highest BCUT2D eigenvalue weighted by Gasteiger charge is 2.17. The Hall–Kier alpha value is -1.95. The van der Waals surface area contributed by atoms with Crippen LogP contribution in [0.5, 0.6) is 0 Å². The van der Waals surface area contributed by atoms with Gasteiger partial charge in [-0.25, -0.2) is 0 Å². The first kappa shape index (κ1) is 21.4. The van der Waals surface area contributed by atoms with Crippen LogP contribution >= 0.6 is 15.9 Å². The number of benzene rings is 1. The summed E-state index contributed by atoms with van der Waals surface area (Å²) in [5.74, 6) is -0.248. The van der Waals surface area contributed by atoms with E-state index in [1.807, 2.05) is 0 Å². The van der Waals surface area contributed by atoms with Crippen LogP contribution in [0.3, 0.4) is 0 Å². The minimum absolute atomic E-state index is 0.0467. The highest BCUT2D eigenvalue weighted by Crippen LogP contribution is 2.10. The Kier molecular flexibility index (Phi) is 9.25. The molecule has 7 nitrogen and oxygen atoms in total. The lowest BCUT2D eigenvalue weighted by Crippen LogP contribution is -2.44. The Bertz CT molecular complexity index is 654. The second-order valence-electron chi connectivity index (χ2n) is 6.26. The molecule has 2 rings (SSSR count). The van der Waals surface area contributed by atoms with E-state index in [1.54, 1.807) is 29.2 Å². The minimum Gasteiger partial charge on any atom is -0.379 e. The van der Waals surface area contributed by atoms with Crippen LogP contribution in [0.2, 0.25) is 0 Å². The first-order valence-electron chi connectivity index (χ1n) is 9.08. The van der Waals surface area contributed by atoms with E-state index in [2.05, 4.69) is 32.2 Å². The molecule has 1 aromatic carbocycles. The third-order valence-electron chi connectivity index (χ3n) is 4.37. The number of amides is 2. The van der Waals surface area contributed by atoms with E-state index < -0.39 is 0 Å². The zero-order chi connectivity index (χ0) is 19.5. The summed E-state index contributed by atoms with van der Waals surface area (Å²) >= 11 is 3.33. The van der Waals surface area contributed by atoms with E-state index in [-0.39, 0.29) is 24.8 Å². The van der Waals surface area contributed by atoms with Crippen molar-refractivity contribution in [2.75, 3.05) is 52.5 Å². The first-order valence-corrected chi connectivity index (χ1v) is 9.88. The maximum atomic E-state index is 12.5. The fraction of sp³-hybridized carbons (Fsp3) is 0.526. The number of carbonyl (C=O) groups excluding carboxylic acids is 2. The molecule has 1 N–H and O–H groups in total. The molecule has 1 saturated heterocycles. The number of hydrogen-bond donors (Lipinski definition) is 1. The van der Waals surface area contributed by atoms with Gasteiger partial charge in [0, 0.05) is 55.7 Å². The molecule has 2 amide bonds. The van der Waals surface area contributed by atoms with Crippen molar-refractivity contribution in [1.82, 2.24) is 15.1 Å². The molecule has 1 fully saturated rings. The second kappa shape index (κ2) is 11.7. The summed E-state index contributed by atoms with van der Waals surface area (Å²) in [6.45, 7) is 5.21. The summed E-state index contributed by atoms with van der Waals surface area (Å²) in [5.41, 5.74) is 0.555. The normalized spacial score (nSPS) is 14.4. The van der Waals surface area contributed by atoms with E-state index in [0.717, 1.165) is 24.1 Å². The summed E-state index contributed by atoms with van der Waals surface area (Å²) < 4.78 is 6.23. The monoisotopic (exact) mass is 436 g/mol. The van der Waals surface area contributed by atoms with E-state index in [0.29, 0.717) is 38.3 Å². The van der Waals surface area contributed by atoms with Gasteiger partial charge >= 0.3 is 0 Å². The first-order chi connectivity index (χ1) is 13.1. The van der Waals surface area contributed by atoms with Crippen LogP contribution in [0.25, 0.3) is 0 Å². The van der Waals surface area contributed by atoms with Gasteiger partial charge in [-0.15, -0.1) is 0 Å². The standard InChI is InChI=1S/C19H25BrN4O3/c20-17-4-2-16(3-5-17)19(26)22-8-6-18(25)24(9-1-7-21)11-10-23-12-14-27-15-13-23/h2-5H,1,6,8-15H2,(H,22,26). The molecule has 146 valence electrons. The molecular formula is C19H25BrN4O3. The molecule has 0 bridgehead atoms. The van der Waals surface area contributed by atoms with Crippen LogP contribution in [-0.2, 0) is 9.53 Å². The Morgan fingerprint density at radius 1 is 1.22 bits per heavy atom. The zero-order valence-corrected chi connectivity index (χ0v) is 16.9. The number of nitrogens with one attached hydrogen (secondary N) is 1. The third-order valence-corrected chi connectivity index (χ3v) is 4.90.